The summed E-state index contributed by atoms with van der Waals surface area (Å²) in [5.41, 5.74) is 1.79. The fourth-order valence-corrected chi connectivity index (χ4v) is 4.05. The van der Waals surface area contributed by atoms with E-state index in [1.54, 1.807) is 14.2 Å². The molecule has 0 radical (unpaired) electrons. The first-order chi connectivity index (χ1) is 14.8. The van der Waals surface area contributed by atoms with Gasteiger partial charge in [0.2, 0.25) is 5.91 Å². The quantitative estimate of drug-likeness (QED) is 0.736. The van der Waals surface area contributed by atoms with Gasteiger partial charge in [-0.05, 0) is 38.5 Å². The maximum atomic E-state index is 13.2. The summed E-state index contributed by atoms with van der Waals surface area (Å²) >= 11 is 0. The molecule has 0 saturated carbocycles. The largest absolute Gasteiger partial charge is 0.495 e. The Labute approximate surface area is 186 Å². The predicted molar refractivity (Wildman–Crippen MR) is 125 cm³/mol. The SMILES string of the molecule is COc1ccccc1N1CCN(CC(C(=O)NC(C)(C)C)c2ccccc2)CC1OC. The molecule has 0 spiro atoms. The smallest absolute Gasteiger partial charge is 0.229 e. The van der Waals surface area contributed by atoms with Crippen LogP contribution in [-0.4, -0.2) is 63.0 Å². The van der Waals surface area contributed by atoms with E-state index in [0.29, 0.717) is 13.1 Å². The zero-order valence-corrected chi connectivity index (χ0v) is 19.3. The number of anilines is 1. The Balaban J connectivity index is 1.76. The van der Waals surface area contributed by atoms with Gasteiger partial charge in [0, 0.05) is 38.8 Å². The molecule has 168 valence electrons. The first-order valence-corrected chi connectivity index (χ1v) is 10.8. The number of rotatable bonds is 7. The second-order valence-corrected chi connectivity index (χ2v) is 9.02. The van der Waals surface area contributed by atoms with Crippen molar-refractivity contribution in [3.05, 3.63) is 60.2 Å². The van der Waals surface area contributed by atoms with E-state index < -0.39 is 0 Å². The number of amides is 1. The Morgan fingerprint density at radius 1 is 1.06 bits per heavy atom. The third-order valence-electron chi connectivity index (χ3n) is 5.54. The van der Waals surface area contributed by atoms with Crippen molar-refractivity contribution >= 4 is 11.6 Å². The number of carbonyl (C=O) groups is 1. The molecule has 1 aliphatic heterocycles. The van der Waals surface area contributed by atoms with E-state index >= 15 is 0 Å². The Morgan fingerprint density at radius 2 is 1.74 bits per heavy atom. The fourth-order valence-electron chi connectivity index (χ4n) is 4.05. The summed E-state index contributed by atoms with van der Waals surface area (Å²) in [5, 5.41) is 3.16. The standard InChI is InChI=1S/C25H35N3O3/c1-25(2,3)26-24(29)20(19-11-7-6-8-12-19)17-27-15-16-28(23(18-27)31-5)21-13-9-10-14-22(21)30-4/h6-14,20,23H,15-18H2,1-5H3,(H,26,29). The van der Waals surface area contributed by atoms with Crippen molar-refractivity contribution in [1.82, 2.24) is 10.2 Å². The minimum Gasteiger partial charge on any atom is -0.495 e. The molecule has 31 heavy (non-hydrogen) atoms. The Bertz CT molecular complexity index is 851. The molecule has 0 aliphatic carbocycles. The van der Waals surface area contributed by atoms with Gasteiger partial charge in [-0.2, -0.15) is 0 Å². The Morgan fingerprint density at radius 3 is 2.39 bits per heavy atom. The molecule has 1 amide bonds. The maximum Gasteiger partial charge on any atom is 0.229 e. The molecule has 1 heterocycles. The van der Waals surface area contributed by atoms with Crippen LogP contribution < -0.4 is 15.0 Å². The average molecular weight is 426 g/mol. The molecule has 1 aliphatic rings. The third kappa shape index (κ3) is 5.99. The van der Waals surface area contributed by atoms with Crippen molar-refractivity contribution in [2.45, 2.75) is 38.5 Å². The Kier molecular flexibility index (Phi) is 7.57. The van der Waals surface area contributed by atoms with Crippen molar-refractivity contribution in [2.75, 3.05) is 45.3 Å². The van der Waals surface area contributed by atoms with Crippen LogP contribution >= 0.6 is 0 Å². The number of hydrogen-bond donors (Lipinski definition) is 1. The molecule has 1 fully saturated rings. The molecule has 2 unspecified atom stereocenters. The highest BCUT2D eigenvalue weighted by atomic mass is 16.5. The molecule has 2 aromatic rings. The van der Waals surface area contributed by atoms with Crippen LogP contribution in [0.2, 0.25) is 0 Å². The first kappa shape index (κ1) is 23.1. The molecule has 0 aromatic heterocycles. The summed E-state index contributed by atoms with van der Waals surface area (Å²) in [5.74, 6) is 0.653. The lowest BCUT2D eigenvalue weighted by Gasteiger charge is -2.43. The Hall–Kier alpha value is -2.57. The minimum absolute atomic E-state index is 0.0554. The average Bonchev–Trinajstić information content (AvgIpc) is 2.76. The number of benzene rings is 2. The summed E-state index contributed by atoms with van der Waals surface area (Å²) < 4.78 is 11.4. The van der Waals surface area contributed by atoms with Gasteiger partial charge in [-0.15, -0.1) is 0 Å². The van der Waals surface area contributed by atoms with Crippen LogP contribution in [0.25, 0.3) is 0 Å². The molecule has 2 aromatic carbocycles. The fraction of sp³-hybridized carbons (Fsp3) is 0.480. The van der Waals surface area contributed by atoms with Crippen molar-refractivity contribution in [2.24, 2.45) is 0 Å². The van der Waals surface area contributed by atoms with Gasteiger partial charge in [-0.1, -0.05) is 42.5 Å². The zero-order valence-electron chi connectivity index (χ0n) is 19.3. The van der Waals surface area contributed by atoms with Gasteiger partial charge in [0.1, 0.15) is 12.0 Å². The number of piperazine rings is 1. The highest BCUT2D eigenvalue weighted by Gasteiger charge is 2.32. The van der Waals surface area contributed by atoms with Crippen LogP contribution in [0.3, 0.4) is 0 Å². The van der Waals surface area contributed by atoms with Crippen LogP contribution in [0, 0.1) is 0 Å². The lowest BCUT2D eigenvalue weighted by Crippen LogP contribution is -2.56. The molecule has 3 rings (SSSR count). The normalized spacial score (nSPS) is 18.5. The molecule has 0 bridgehead atoms. The molecular weight excluding hydrogens is 390 g/mol. The van der Waals surface area contributed by atoms with Crippen LogP contribution in [-0.2, 0) is 9.53 Å². The minimum atomic E-state index is -0.276. The number of methoxy groups -OCH3 is 2. The monoisotopic (exact) mass is 425 g/mol. The van der Waals surface area contributed by atoms with E-state index in [4.69, 9.17) is 9.47 Å². The highest BCUT2D eigenvalue weighted by Crippen LogP contribution is 2.31. The van der Waals surface area contributed by atoms with E-state index in [1.807, 2.05) is 69.3 Å². The van der Waals surface area contributed by atoms with Gasteiger partial charge in [-0.3, -0.25) is 9.69 Å². The summed E-state index contributed by atoms with van der Waals surface area (Å²) in [6.45, 7) is 9.03. The lowest BCUT2D eigenvalue weighted by molar-refractivity contribution is -0.124. The lowest BCUT2D eigenvalue weighted by atomic mass is 9.95. The van der Waals surface area contributed by atoms with Gasteiger partial charge in [0.15, 0.2) is 0 Å². The highest BCUT2D eigenvalue weighted by molar-refractivity contribution is 5.84. The van der Waals surface area contributed by atoms with Crippen LogP contribution in [0.5, 0.6) is 5.75 Å². The van der Waals surface area contributed by atoms with E-state index in [-0.39, 0.29) is 23.6 Å². The van der Waals surface area contributed by atoms with Gasteiger partial charge in [-0.25, -0.2) is 0 Å². The summed E-state index contributed by atoms with van der Waals surface area (Å²) in [6, 6.07) is 18.0. The number of hydrogen-bond acceptors (Lipinski definition) is 5. The number of nitrogens with one attached hydrogen (secondary N) is 1. The van der Waals surface area contributed by atoms with E-state index in [1.165, 1.54) is 0 Å². The van der Waals surface area contributed by atoms with Crippen LogP contribution in [0.1, 0.15) is 32.3 Å². The van der Waals surface area contributed by atoms with Crippen LogP contribution in [0.15, 0.2) is 54.6 Å². The molecule has 2 atom stereocenters. The summed E-state index contributed by atoms with van der Waals surface area (Å²) in [6.07, 6.45) is -0.118. The molecular formula is C25H35N3O3. The third-order valence-corrected chi connectivity index (χ3v) is 5.54. The van der Waals surface area contributed by atoms with Crippen molar-refractivity contribution in [3.8, 4) is 5.75 Å². The molecule has 1 saturated heterocycles. The van der Waals surface area contributed by atoms with Gasteiger partial charge >= 0.3 is 0 Å². The van der Waals surface area contributed by atoms with Crippen LogP contribution in [0.4, 0.5) is 5.69 Å². The summed E-state index contributed by atoms with van der Waals surface area (Å²) in [7, 11) is 3.42. The topological polar surface area (TPSA) is 54.0 Å². The number of ether oxygens (including phenoxy) is 2. The van der Waals surface area contributed by atoms with Gasteiger partial charge in [0.25, 0.3) is 0 Å². The van der Waals surface area contributed by atoms with E-state index in [2.05, 4.69) is 21.2 Å². The van der Waals surface area contributed by atoms with E-state index in [0.717, 1.165) is 30.1 Å². The van der Waals surface area contributed by atoms with Gasteiger partial charge in [0.05, 0.1) is 18.7 Å². The van der Waals surface area contributed by atoms with Crippen molar-refractivity contribution in [3.63, 3.8) is 0 Å². The second-order valence-electron chi connectivity index (χ2n) is 9.02. The zero-order chi connectivity index (χ0) is 22.4. The number of para-hydroxylation sites is 2. The van der Waals surface area contributed by atoms with Gasteiger partial charge < -0.3 is 19.7 Å². The predicted octanol–water partition coefficient (Wildman–Crippen LogP) is 3.49. The second kappa shape index (κ2) is 10.2. The number of carbonyl (C=O) groups excluding carboxylic acids is 1. The van der Waals surface area contributed by atoms with E-state index in [9.17, 15) is 4.79 Å². The number of nitrogens with zero attached hydrogens (tertiary/aromatic N) is 2. The van der Waals surface area contributed by atoms with Crippen molar-refractivity contribution in [1.29, 1.82) is 0 Å². The maximum absolute atomic E-state index is 13.2. The van der Waals surface area contributed by atoms with Crippen molar-refractivity contribution < 1.29 is 14.3 Å². The molecule has 6 nitrogen and oxygen atoms in total. The molecule has 6 heteroatoms. The first-order valence-electron chi connectivity index (χ1n) is 10.8. The molecule has 1 N–H and O–H groups in total. The summed E-state index contributed by atoms with van der Waals surface area (Å²) in [4.78, 5) is 17.7.